The molecule has 3 atom stereocenters. The van der Waals surface area contributed by atoms with Gasteiger partial charge in [0.15, 0.2) is 0 Å². The van der Waals surface area contributed by atoms with Crippen molar-refractivity contribution in [1.82, 2.24) is 4.90 Å². The van der Waals surface area contributed by atoms with E-state index in [2.05, 4.69) is 13.8 Å². The summed E-state index contributed by atoms with van der Waals surface area (Å²) in [4.78, 5) is 13.8. The Morgan fingerprint density at radius 1 is 1.39 bits per heavy atom. The highest BCUT2D eigenvalue weighted by molar-refractivity contribution is 5.68. The van der Waals surface area contributed by atoms with Gasteiger partial charge in [-0.3, -0.25) is 0 Å². The fourth-order valence-electron chi connectivity index (χ4n) is 3.06. The summed E-state index contributed by atoms with van der Waals surface area (Å²) in [6.45, 7) is 11.4. The standard InChI is InChI=1S/C14H25NO3/c1-10-8-11(2)17-14(10)6-7-15(9-14)12(16)18-13(3,4)5/h10-11H,6-9H2,1-5H3. The molecule has 18 heavy (non-hydrogen) atoms. The Hall–Kier alpha value is -0.770. The van der Waals surface area contributed by atoms with Crippen LogP contribution < -0.4 is 0 Å². The minimum absolute atomic E-state index is 0.129. The number of carbonyl (C=O) groups excluding carboxylic acids is 1. The highest BCUT2D eigenvalue weighted by Gasteiger charge is 2.50. The Balaban J connectivity index is 1.98. The van der Waals surface area contributed by atoms with Gasteiger partial charge in [-0.05, 0) is 46.5 Å². The molecule has 0 bridgehead atoms. The predicted molar refractivity (Wildman–Crippen MR) is 69.5 cm³/mol. The molecule has 3 unspecified atom stereocenters. The van der Waals surface area contributed by atoms with Crippen molar-refractivity contribution in [3.05, 3.63) is 0 Å². The lowest BCUT2D eigenvalue weighted by Gasteiger charge is -2.29. The van der Waals surface area contributed by atoms with E-state index in [1.165, 1.54) is 0 Å². The largest absolute Gasteiger partial charge is 0.444 e. The molecule has 0 aromatic carbocycles. The first-order valence-corrected chi connectivity index (χ1v) is 6.88. The van der Waals surface area contributed by atoms with E-state index in [1.807, 2.05) is 20.8 Å². The van der Waals surface area contributed by atoms with E-state index in [0.29, 0.717) is 18.6 Å². The summed E-state index contributed by atoms with van der Waals surface area (Å²) in [5.41, 5.74) is -0.557. The van der Waals surface area contributed by atoms with Gasteiger partial charge in [-0.25, -0.2) is 4.79 Å². The van der Waals surface area contributed by atoms with Crippen LogP contribution in [0.15, 0.2) is 0 Å². The van der Waals surface area contributed by atoms with Crippen LogP contribution in [0.3, 0.4) is 0 Å². The summed E-state index contributed by atoms with van der Waals surface area (Å²) in [6.07, 6.45) is 2.10. The molecule has 2 saturated heterocycles. The van der Waals surface area contributed by atoms with Crippen LogP contribution in [-0.4, -0.2) is 41.4 Å². The minimum atomic E-state index is -0.428. The number of amides is 1. The summed E-state index contributed by atoms with van der Waals surface area (Å²) >= 11 is 0. The van der Waals surface area contributed by atoms with Crippen molar-refractivity contribution in [1.29, 1.82) is 0 Å². The number of hydrogen-bond acceptors (Lipinski definition) is 3. The van der Waals surface area contributed by atoms with E-state index in [4.69, 9.17) is 9.47 Å². The molecule has 0 aromatic rings. The molecule has 1 spiro atoms. The molecule has 2 aliphatic rings. The van der Waals surface area contributed by atoms with Gasteiger partial charge in [0.25, 0.3) is 0 Å². The van der Waals surface area contributed by atoms with Crippen molar-refractivity contribution in [3.8, 4) is 0 Å². The molecule has 0 N–H and O–H groups in total. The Morgan fingerprint density at radius 2 is 2.06 bits per heavy atom. The topological polar surface area (TPSA) is 38.8 Å². The lowest BCUT2D eigenvalue weighted by Crippen LogP contribution is -2.41. The lowest BCUT2D eigenvalue weighted by atomic mass is 9.88. The first-order valence-electron chi connectivity index (χ1n) is 6.88. The van der Waals surface area contributed by atoms with Crippen LogP contribution in [0.1, 0.15) is 47.5 Å². The van der Waals surface area contributed by atoms with Gasteiger partial charge in [0, 0.05) is 6.54 Å². The number of rotatable bonds is 0. The smallest absolute Gasteiger partial charge is 0.410 e. The van der Waals surface area contributed by atoms with Crippen molar-refractivity contribution in [2.24, 2.45) is 5.92 Å². The molecule has 104 valence electrons. The zero-order valence-electron chi connectivity index (χ0n) is 12.2. The normalized spacial score (nSPS) is 36.4. The number of ether oxygens (including phenoxy) is 2. The molecule has 2 aliphatic heterocycles. The van der Waals surface area contributed by atoms with Crippen LogP contribution in [-0.2, 0) is 9.47 Å². The van der Waals surface area contributed by atoms with Crippen LogP contribution in [0, 0.1) is 5.92 Å². The molecule has 0 saturated carbocycles. The predicted octanol–water partition coefficient (Wildman–Crippen LogP) is 2.81. The summed E-state index contributed by atoms with van der Waals surface area (Å²) in [5, 5.41) is 0. The van der Waals surface area contributed by atoms with Gasteiger partial charge < -0.3 is 14.4 Å². The van der Waals surface area contributed by atoms with E-state index < -0.39 is 5.60 Å². The third kappa shape index (κ3) is 2.63. The fraction of sp³-hybridized carbons (Fsp3) is 0.929. The molecular weight excluding hydrogens is 230 g/mol. The first kappa shape index (κ1) is 13.7. The number of carbonyl (C=O) groups is 1. The first-order chi connectivity index (χ1) is 8.22. The maximum atomic E-state index is 12.0. The van der Waals surface area contributed by atoms with Crippen LogP contribution in [0.25, 0.3) is 0 Å². The molecule has 0 aromatic heterocycles. The van der Waals surface area contributed by atoms with Gasteiger partial charge in [-0.2, -0.15) is 0 Å². The van der Waals surface area contributed by atoms with E-state index in [9.17, 15) is 4.79 Å². The molecule has 4 nitrogen and oxygen atoms in total. The number of nitrogens with zero attached hydrogens (tertiary/aromatic N) is 1. The molecule has 0 radical (unpaired) electrons. The third-order valence-electron chi connectivity index (χ3n) is 3.93. The van der Waals surface area contributed by atoms with E-state index in [0.717, 1.165) is 19.4 Å². The van der Waals surface area contributed by atoms with E-state index in [-0.39, 0.29) is 11.7 Å². The van der Waals surface area contributed by atoms with Crippen LogP contribution in [0.5, 0.6) is 0 Å². The minimum Gasteiger partial charge on any atom is -0.444 e. The molecule has 2 fully saturated rings. The van der Waals surface area contributed by atoms with Crippen LogP contribution >= 0.6 is 0 Å². The number of likely N-dealkylation sites (tertiary alicyclic amines) is 1. The Labute approximate surface area is 110 Å². The molecule has 4 heteroatoms. The molecule has 2 heterocycles. The zero-order chi connectivity index (χ0) is 13.6. The summed E-state index contributed by atoms with van der Waals surface area (Å²) < 4.78 is 11.5. The van der Waals surface area contributed by atoms with Crippen molar-refractivity contribution < 1.29 is 14.3 Å². The Bertz CT molecular complexity index is 336. The van der Waals surface area contributed by atoms with Gasteiger partial charge in [0.2, 0.25) is 0 Å². The monoisotopic (exact) mass is 255 g/mol. The second-order valence-corrected chi connectivity index (χ2v) is 6.78. The quantitative estimate of drug-likeness (QED) is 0.668. The van der Waals surface area contributed by atoms with Crippen molar-refractivity contribution >= 4 is 6.09 Å². The SMILES string of the molecule is CC1CC(C)C2(CCN(C(=O)OC(C)(C)C)C2)O1. The van der Waals surface area contributed by atoms with Crippen LogP contribution in [0.4, 0.5) is 4.79 Å². The zero-order valence-corrected chi connectivity index (χ0v) is 12.2. The van der Waals surface area contributed by atoms with Gasteiger partial charge in [0.1, 0.15) is 5.60 Å². The lowest BCUT2D eigenvalue weighted by molar-refractivity contribution is -0.0436. The van der Waals surface area contributed by atoms with Gasteiger partial charge in [-0.15, -0.1) is 0 Å². The average Bonchev–Trinajstić information content (AvgIpc) is 2.70. The Morgan fingerprint density at radius 3 is 2.56 bits per heavy atom. The van der Waals surface area contributed by atoms with Crippen molar-refractivity contribution in [3.63, 3.8) is 0 Å². The fourth-order valence-corrected chi connectivity index (χ4v) is 3.06. The summed E-state index contributed by atoms with van der Waals surface area (Å²) in [5.74, 6) is 0.514. The van der Waals surface area contributed by atoms with Gasteiger partial charge >= 0.3 is 6.09 Å². The van der Waals surface area contributed by atoms with Gasteiger partial charge in [-0.1, -0.05) is 6.92 Å². The summed E-state index contributed by atoms with van der Waals surface area (Å²) in [7, 11) is 0. The van der Waals surface area contributed by atoms with Crippen molar-refractivity contribution in [2.75, 3.05) is 13.1 Å². The maximum absolute atomic E-state index is 12.0. The Kier molecular flexibility index (Phi) is 3.34. The summed E-state index contributed by atoms with van der Waals surface area (Å²) in [6, 6.07) is 0. The average molecular weight is 255 g/mol. The third-order valence-corrected chi connectivity index (χ3v) is 3.93. The molecule has 0 aliphatic carbocycles. The molecule has 2 rings (SSSR count). The second-order valence-electron chi connectivity index (χ2n) is 6.78. The van der Waals surface area contributed by atoms with Crippen molar-refractivity contribution in [2.45, 2.75) is 64.8 Å². The highest BCUT2D eigenvalue weighted by Crippen LogP contribution is 2.42. The van der Waals surface area contributed by atoms with Crippen LogP contribution in [0.2, 0.25) is 0 Å². The van der Waals surface area contributed by atoms with E-state index >= 15 is 0 Å². The maximum Gasteiger partial charge on any atom is 0.410 e. The highest BCUT2D eigenvalue weighted by atomic mass is 16.6. The van der Waals surface area contributed by atoms with E-state index in [1.54, 1.807) is 4.90 Å². The molecular formula is C14H25NO3. The number of hydrogen-bond donors (Lipinski definition) is 0. The molecule has 1 amide bonds. The second kappa shape index (κ2) is 4.41. The van der Waals surface area contributed by atoms with Gasteiger partial charge in [0.05, 0.1) is 18.2 Å².